The summed E-state index contributed by atoms with van der Waals surface area (Å²) in [7, 11) is 1.53. The van der Waals surface area contributed by atoms with Crippen molar-refractivity contribution in [3.63, 3.8) is 0 Å². The Morgan fingerprint density at radius 2 is 1.75 bits per heavy atom. The number of methoxy groups -OCH3 is 1. The number of nitrogens with one attached hydrogen (secondary N) is 1. The molecule has 0 heterocycles. The van der Waals surface area contributed by atoms with E-state index in [1.807, 2.05) is 6.92 Å². The van der Waals surface area contributed by atoms with Gasteiger partial charge in [-0.3, -0.25) is 4.79 Å². The van der Waals surface area contributed by atoms with Crippen LogP contribution in [0.4, 0.5) is 0 Å². The number of benzene rings is 2. The van der Waals surface area contributed by atoms with Crippen LogP contribution in [-0.2, 0) is 4.79 Å². The summed E-state index contributed by atoms with van der Waals surface area (Å²) >= 11 is 0. The number of nitriles is 1. The van der Waals surface area contributed by atoms with Gasteiger partial charge in [-0.1, -0.05) is 38.1 Å². The van der Waals surface area contributed by atoms with Crippen molar-refractivity contribution >= 4 is 5.91 Å². The number of amides is 1. The molecule has 1 amide bonds. The first-order chi connectivity index (χ1) is 13.4. The molecule has 0 bridgehead atoms. The van der Waals surface area contributed by atoms with Gasteiger partial charge in [0, 0.05) is 12.5 Å². The molecule has 148 valence electrons. The molecule has 0 fully saturated rings. The zero-order chi connectivity index (χ0) is 20.5. The minimum Gasteiger partial charge on any atom is -0.493 e. The first-order valence-electron chi connectivity index (χ1n) is 9.54. The van der Waals surface area contributed by atoms with E-state index in [0.29, 0.717) is 42.4 Å². The van der Waals surface area contributed by atoms with Gasteiger partial charge in [0.15, 0.2) is 11.5 Å². The van der Waals surface area contributed by atoms with Gasteiger partial charge in [-0.15, -0.1) is 0 Å². The molecule has 0 radical (unpaired) electrons. The smallest absolute Gasteiger partial charge is 0.220 e. The molecule has 2 aromatic rings. The lowest BCUT2D eigenvalue weighted by Gasteiger charge is -2.16. The zero-order valence-corrected chi connectivity index (χ0v) is 17.0. The second-order valence-corrected chi connectivity index (χ2v) is 7.04. The van der Waals surface area contributed by atoms with Gasteiger partial charge in [0.05, 0.1) is 31.4 Å². The highest BCUT2D eigenvalue weighted by molar-refractivity contribution is 5.76. The van der Waals surface area contributed by atoms with Crippen LogP contribution in [0.2, 0.25) is 0 Å². The van der Waals surface area contributed by atoms with Crippen LogP contribution in [0, 0.1) is 11.3 Å². The highest BCUT2D eigenvalue weighted by Gasteiger charge is 2.11. The molecule has 28 heavy (non-hydrogen) atoms. The molecule has 0 aliphatic heterocycles. The predicted molar refractivity (Wildman–Crippen MR) is 110 cm³/mol. The van der Waals surface area contributed by atoms with E-state index in [-0.39, 0.29) is 11.9 Å². The third-order valence-electron chi connectivity index (χ3n) is 4.58. The Morgan fingerprint density at radius 1 is 1.07 bits per heavy atom. The fraction of sp³-hybridized carbons (Fsp3) is 0.391. The number of hydrogen-bond donors (Lipinski definition) is 1. The van der Waals surface area contributed by atoms with Gasteiger partial charge < -0.3 is 14.8 Å². The van der Waals surface area contributed by atoms with Crippen LogP contribution in [0.5, 0.6) is 11.5 Å². The molecule has 0 aliphatic rings. The van der Waals surface area contributed by atoms with Crippen LogP contribution in [0.25, 0.3) is 0 Å². The summed E-state index contributed by atoms with van der Waals surface area (Å²) in [6, 6.07) is 15.4. The highest BCUT2D eigenvalue weighted by Crippen LogP contribution is 2.28. The van der Waals surface area contributed by atoms with Crippen molar-refractivity contribution in [3.05, 3.63) is 59.2 Å². The van der Waals surface area contributed by atoms with Crippen molar-refractivity contribution in [2.24, 2.45) is 0 Å². The maximum atomic E-state index is 12.2. The second kappa shape index (κ2) is 10.4. The summed E-state index contributed by atoms with van der Waals surface area (Å²) in [5.74, 6) is 1.58. The summed E-state index contributed by atoms with van der Waals surface area (Å²) < 4.78 is 10.9. The number of nitrogens with zero attached hydrogens (tertiary/aromatic N) is 1. The third-order valence-corrected chi connectivity index (χ3v) is 4.58. The van der Waals surface area contributed by atoms with Crippen molar-refractivity contribution in [2.75, 3.05) is 13.7 Å². The molecule has 1 N–H and O–H groups in total. The molecular formula is C23H28N2O3. The van der Waals surface area contributed by atoms with Gasteiger partial charge in [0.1, 0.15) is 0 Å². The number of carbonyl (C=O) groups is 1. The van der Waals surface area contributed by atoms with Crippen LogP contribution in [0.1, 0.15) is 62.3 Å². The Balaban J connectivity index is 1.77. The molecule has 2 aromatic carbocycles. The van der Waals surface area contributed by atoms with E-state index in [0.717, 1.165) is 5.56 Å². The number of hydrogen-bond acceptors (Lipinski definition) is 4. The predicted octanol–water partition coefficient (Wildman–Crippen LogP) is 4.73. The minimum atomic E-state index is -0.0340. The van der Waals surface area contributed by atoms with E-state index < -0.39 is 0 Å². The van der Waals surface area contributed by atoms with Crippen LogP contribution >= 0.6 is 0 Å². The fourth-order valence-corrected chi connectivity index (χ4v) is 2.84. The van der Waals surface area contributed by atoms with Crippen LogP contribution < -0.4 is 14.8 Å². The van der Waals surface area contributed by atoms with Crippen LogP contribution in [0.3, 0.4) is 0 Å². The van der Waals surface area contributed by atoms with Gasteiger partial charge in [0.2, 0.25) is 5.91 Å². The SMILES string of the molecule is COc1cc(C#N)ccc1OCCCC(=O)NC(C)c1ccc(C(C)C)cc1. The average molecular weight is 380 g/mol. The third kappa shape index (κ3) is 6.02. The molecule has 1 unspecified atom stereocenters. The number of ether oxygens (including phenoxy) is 2. The van der Waals surface area contributed by atoms with E-state index in [1.165, 1.54) is 12.7 Å². The van der Waals surface area contributed by atoms with Gasteiger partial charge in [-0.2, -0.15) is 5.26 Å². The number of carbonyl (C=O) groups excluding carboxylic acids is 1. The van der Waals surface area contributed by atoms with E-state index in [4.69, 9.17) is 14.7 Å². The Bertz CT molecular complexity index is 823. The molecule has 5 nitrogen and oxygen atoms in total. The summed E-state index contributed by atoms with van der Waals surface area (Å²) in [5, 5.41) is 12.0. The molecular weight excluding hydrogens is 352 g/mol. The monoisotopic (exact) mass is 380 g/mol. The molecule has 1 atom stereocenters. The molecule has 0 aliphatic carbocycles. The van der Waals surface area contributed by atoms with Crippen molar-refractivity contribution in [3.8, 4) is 17.6 Å². The standard InChI is InChI=1S/C23H28N2O3/c1-16(2)19-8-10-20(11-9-19)17(3)25-23(26)6-5-13-28-21-12-7-18(15-24)14-22(21)27-4/h7-12,14,16-17H,5-6,13H2,1-4H3,(H,25,26). The Morgan fingerprint density at radius 3 is 2.36 bits per heavy atom. The Kier molecular flexibility index (Phi) is 7.88. The quantitative estimate of drug-likeness (QED) is 0.639. The van der Waals surface area contributed by atoms with E-state index in [1.54, 1.807) is 18.2 Å². The van der Waals surface area contributed by atoms with Crippen LogP contribution in [0.15, 0.2) is 42.5 Å². The summed E-state index contributed by atoms with van der Waals surface area (Å²) in [5.41, 5.74) is 2.90. The molecule has 5 heteroatoms. The lowest BCUT2D eigenvalue weighted by molar-refractivity contribution is -0.121. The largest absolute Gasteiger partial charge is 0.493 e. The maximum Gasteiger partial charge on any atom is 0.220 e. The topological polar surface area (TPSA) is 71.3 Å². The van der Waals surface area contributed by atoms with Crippen LogP contribution in [-0.4, -0.2) is 19.6 Å². The van der Waals surface area contributed by atoms with Gasteiger partial charge in [-0.25, -0.2) is 0 Å². The highest BCUT2D eigenvalue weighted by atomic mass is 16.5. The summed E-state index contributed by atoms with van der Waals surface area (Å²) in [4.78, 5) is 12.2. The average Bonchev–Trinajstić information content (AvgIpc) is 2.71. The van der Waals surface area contributed by atoms with Gasteiger partial charge in [0.25, 0.3) is 0 Å². The van der Waals surface area contributed by atoms with Crippen molar-refractivity contribution in [1.82, 2.24) is 5.32 Å². The first-order valence-corrected chi connectivity index (χ1v) is 9.54. The van der Waals surface area contributed by atoms with E-state index >= 15 is 0 Å². The van der Waals surface area contributed by atoms with Crippen molar-refractivity contribution in [1.29, 1.82) is 5.26 Å². The maximum absolute atomic E-state index is 12.2. The Labute approximate surface area is 167 Å². The zero-order valence-electron chi connectivity index (χ0n) is 17.0. The Hall–Kier alpha value is -3.00. The van der Waals surface area contributed by atoms with Gasteiger partial charge >= 0.3 is 0 Å². The van der Waals surface area contributed by atoms with Gasteiger partial charge in [-0.05, 0) is 42.5 Å². The lowest BCUT2D eigenvalue weighted by Crippen LogP contribution is -2.26. The van der Waals surface area contributed by atoms with Crippen molar-refractivity contribution in [2.45, 2.75) is 45.6 Å². The molecule has 0 spiro atoms. The molecule has 0 saturated heterocycles. The number of rotatable bonds is 9. The normalized spacial score (nSPS) is 11.6. The molecule has 0 saturated carbocycles. The van der Waals surface area contributed by atoms with E-state index in [9.17, 15) is 4.79 Å². The first kappa shape index (κ1) is 21.3. The fourth-order valence-electron chi connectivity index (χ4n) is 2.84. The lowest BCUT2D eigenvalue weighted by atomic mass is 9.99. The molecule has 0 aromatic heterocycles. The van der Waals surface area contributed by atoms with E-state index in [2.05, 4.69) is 49.5 Å². The van der Waals surface area contributed by atoms with Crippen molar-refractivity contribution < 1.29 is 14.3 Å². The summed E-state index contributed by atoms with van der Waals surface area (Å²) in [6.45, 7) is 6.71. The molecule has 2 rings (SSSR count). The second-order valence-electron chi connectivity index (χ2n) is 7.04. The minimum absolute atomic E-state index is 0.00386. The summed E-state index contributed by atoms with van der Waals surface area (Å²) in [6.07, 6.45) is 0.973.